The van der Waals surface area contributed by atoms with E-state index in [1.54, 1.807) is 14.2 Å². The molecule has 86 valence electrons. The molecule has 0 aromatic carbocycles. The van der Waals surface area contributed by atoms with Crippen LogP contribution < -0.4 is 0 Å². The summed E-state index contributed by atoms with van der Waals surface area (Å²) in [5.74, 6) is 0. The largest absolute Gasteiger partial charge is 0.390 e. The van der Waals surface area contributed by atoms with Crippen LogP contribution in [0.25, 0.3) is 0 Å². The van der Waals surface area contributed by atoms with E-state index in [4.69, 9.17) is 9.47 Å². The van der Waals surface area contributed by atoms with Crippen LogP contribution in [0.15, 0.2) is 0 Å². The van der Waals surface area contributed by atoms with E-state index in [-0.39, 0.29) is 5.60 Å². The summed E-state index contributed by atoms with van der Waals surface area (Å²) in [6.07, 6.45) is 2.91. The highest BCUT2D eigenvalue weighted by atomic mass is 16.5. The standard InChI is InChI=1S/C11H24O3/c1-5-11(6-2,14-4)10(12)8-7-9-13-3/h10,12H,5-9H2,1-4H3. The van der Waals surface area contributed by atoms with E-state index in [0.29, 0.717) is 6.61 Å². The van der Waals surface area contributed by atoms with E-state index in [9.17, 15) is 5.11 Å². The van der Waals surface area contributed by atoms with Crippen molar-refractivity contribution < 1.29 is 14.6 Å². The summed E-state index contributed by atoms with van der Waals surface area (Å²) < 4.78 is 10.4. The molecule has 3 nitrogen and oxygen atoms in total. The number of methoxy groups -OCH3 is 2. The van der Waals surface area contributed by atoms with Gasteiger partial charge in [0.15, 0.2) is 0 Å². The molecule has 0 aliphatic carbocycles. The molecule has 1 N–H and O–H groups in total. The molecule has 1 unspecified atom stereocenters. The molecule has 14 heavy (non-hydrogen) atoms. The van der Waals surface area contributed by atoms with Crippen molar-refractivity contribution in [3.05, 3.63) is 0 Å². The average molecular weight is 204 g/mol. The third-order valence-electron chi connectivity index (χ3n) is 3.04. The van der Waals surface area contributed by atoms with Crippen LogP contribution in [0.2, 0.25) is 0 Å². The Hall–Kier alpha value is -0.120. The van der Waals surface area contributed by atoms with E-state index in [2.05, 4.69) is 0 Å². The normalized spacial score (nSPS) is 14.4. The third kappa shape index (κ3) is 3.56. The molecule has 0 amide bonds. The lowest BCUT2D eigenvalue weighted by molar-refractivity contribution is -0.111. The minimum atomic E-state index is -0.391. The number of aliphatic hydroxyl groups excluding tert-OH is 1. The van der Waals surface area contributed by atoms with E-state index in [1.807, 2.05) is 13.8 Å². The van der Waals surface area contributed by atoms with Crippen molar-refractivity contribution in [2.75, 3.05) is 20.8 Å². The van der Waals surface area contributed by atoms with Crippen LogP contribution in [-0.2, 0) is 9.47 Å². The quantitative estimate of drug-likeness (QED) is 0.614. The molecule has 0 aromatic rings. The van der Waals surface area contributed by atoms with E-state index in [0.717, 1.165) is 25.7 Å². The average Bonchev–Trinajstić information content (AvgIpc) is 2.22. The molecule has 0 aliphatic rings. The second-order valence-electron chi connectivity index (χ2n) is 3.63. The summed E-state index contributed by atoms with van der Waals surface area (Å²) >= 11 is 0. The summed E-state index contributed by atoms with van der Waals surface area (Å²) in [5, 5.41) is 10.0. The van der Waals surface area contributed by atoms with Gasteiger partial charge < -0.3 is 14.6 Å². The SMILES string of the molecule is CCC(CC)(OC)C(O)CCCOC. The van der Waals surface area contributed by atoms with Crippen molar-refractivity contribution in [2.45, 2.75) is 51.2 Å². The summed E-state index contributed by atoms with van der Waals surface area (Å²) in [4.78, 5) is 0. The van der Waals surface area contributed by atoms with Gasteiger partial charge >= 0.3 is 0 Å². The van der Waals surface area contributed by atoms with Gasteiger partial charge in [-0.3, -0.25) is 0 Å². The van der Waals surface area contributed by atoms with Gasteiger partial charge in [0.2, 0.25) is 0 Å². The molecule has 0 bridgehead atoms. The summed E-state index contributed by atoms with van der Waals surface area (Å²) in [7, 11) is 3.35. The highest BCUT2D eigenvalue weighted by Crippen LogP contribution is 2.26. The smallest absolute Gasteiger partial charge is 0.0931 e. The van der Waals surface area contributed by atoms with Crippen molar-refractivity contribution in [3.8, 4) is 0 Å². The van der Waals surface area contributed by atoms with Crippen molar-refractivity contribution >= 4 is 0 Å². The number of ether oxygens (including phenoxy) is 2. The van der Waals surface area contributed by atoms with Gasteiger partial charge in [-0.05, 0) is 25.7 Å². The lowest BCUT2D eigenvalue weighted by Crippen LogP contribution is -2.43. The van der Waals surface area contributed by atoms with Crippen LogP contribution in [0.3, 0.4) is 0 Å². The molecule has 0 radical (unpaired) electrons. The first-order valence-electron chi connectivity index (χ1n) is 5.39. The Bertz CT molecular complexity index is 124. The molecule has 0 saturated carbocycles. The maximum atomic E-state index is 10.0. The van der Waals surface area contributed by atoms with E-state index < -0.39 is 6.10 Å². The van der Waals surface area contributed by atoms with Gasteiger partial charge in [-0.15, -0.1) is 0 Å². The molecule has 0 aromatic heterocycles. The molecule has 0 spiro atoms. The zero-order chi connectivity index (χ0) is 11.0. The number of aliphatic hydroxyl groups is 1. The fourth-order valence-corrected chi connectivity index (χ4v) is 1.83. The fraction of sp³-hybridized carbons (Fsp3) is 1.00. The summed E-state index contributed by atoms with van der Waals surface area (Å²) in [6.45, 7) is 4.80. The Balaban J connectivity index is 4.07. The van der Waals surface area contributed by atoms with Crippen LogP contribution in [-0.4, -0.2) is 37.6 Å². The zero-order valence-electron chi connectivity index (χ0n) is 9.88. The zero-order valence-corrected chi connectivity index (χ0v) is 9.88. The van der Waals surface area contributed by atoms with Gasteiger partial charge in [-0.2, -0.15) is 0 Å². The van der Waals surface area contributed by atoms with E-state index in [1.165, 1.54) is 0 Å². The van der Waals surface area contributed by atoms with Crippen molar-refractivity contribution in [2.24, 2.45) is 0 Å². The lowest BCUT2D eigenvalue weighted by Gasteiger charge is -2.35. The maximum Gasteiger partial charge on any atom is 0.0931 e. The van der Waals surface area contributed by atoms with Gasteiger partial charge in [0.05, 0.1) is 11.7 Å². The number of rotatable bonds is 8. The Morgan fingerprint density at radius 1 is 1.21 bits per heavy atom. The topological polar surface area (TPSA) is 38.7 Å². The minimum Gasteiger partial charge on any atom is -0.390 e. The molecule has 0 fully saturated rings. The van der Waals surface area contributed by atoms with Crippen LogP contribution in [0.4, 0.5) is 0 Å². The minimum absolute atomic E-state index is 0.367. The Morgan fingerprint density at radius 3 is 2.14 bits per heavy atom. The summed E-state index contributed by atoms with van der Waals surface area (Å²) in [5.41, 5.74) is -0.367. The van der Waals surface area contributed by atoms with E-state index >= 15 is 0 Å². The first-order valence-corrected chi connectivity index (χ1v) is 5.39. The van der Waals surface area contributed by atoms with Crippen LogP contribution >= 0.6 is 0 Å². The molecule has 0 saturated heterocycles. The van der Waals surface area contributed by atoms with Crippen LogP contribution in [0, 0.1) is 0 Å². The molecule has 3 heteroatoms. The second kappa shape index (κ2) is 7.21. The first kappa shape index (κ1) is 13.9. The molecule has 0 rings (SSSR count). The van der Waals surface area contributed by atoms with Gasteiger partial charge in [-0.1, -0.05) is 13.8 Å². The van der Waals surface area contributed by atoms with Crippen molar-refractivity contribution in [1.29, 1.82) is 0 Å². The fourth-order valence-electron chi connectivity index (χ4n) is 1.83. The number of hydrogen-bond acceptors (Lipinski definition) is 3. The van der Waals surface area contributed by atoms with Crippen molar-refractivity contribution in [1.82, 2.24) is 0 Å². The highest BCUT2D eigenvalue weighted by Gasteiger charge is 2.33. The Morgan fingerprint density at radius 2 is 1.79 bits per heavy atom. The van der Waals surface area contributed by atoms with Crippen LogP contribution in [0.5, 0.6) is 0 Å². The van der Waals surface area contributed by atoms with Gasteiger partial charge in [-0.25, -0.2) is 0 Å². The summed E-state index contributed by atoms with van der Waals surface area (Å²) in [6, 6.07) is 0. The first-order chi connectivity index (χ1) is 6.66. The molecular weight excluding hydrogens is 180 g/mol. The highest BCUT2D eigenvalue weighted by molar-refractivity contribution is 4.85. The molecule has 1 atom stereocenters. The van der Waals surface area contributed by atoms with Gasteiger partial charge in [0.1, 0.15) is 0 Å². The monoisotopic (exact) mass is 204 g/mol. The second-order valence-corrected chi connectivity index (χ2v) is 3.63. The molecule has 0 heterocycles. The Labute approximate surface area is 87.4 Å². The lowest BCUT2D eigenvalue weighted by atomic mass is 9.88. The molecule has 0 aliphatic heterocycles. The maximum absolute atomic E-state index is 10.0. The van der Waals surface area contributed by atoms with Gasteiger partial charge in [0.25, 0.3) is 0 Å². The predicted molar refractivity (Wildman–Crippen MR) is 57.4 cm³/mol. The molecular formula is C11H24O3. The predicted octanol–water partition coefficient (Wildman–Crippen LogP) is 1.98. The van der Waals surface area contributed by atoms with Gasteiger partial charge in [0, 0.05) is 20.8 Å². The Kier molecular flexibility index (Phi) is 7.15. The van der Waals surface area contributed by atoms with Crippen LogP contribution in [0.1, 0.15) is 39.5 Å². The number of hydrogen-bond donors (Lipinski definition) is 1. The van der Waals surface area contributed by atoms with Crippen molar-refractivity contribution in [3.63, 3.8) is 0 Å². The third-order valence-corrected chi connectivity index (χ3v) is 3.04.